The third kappa shape index (κ3) is 8.73. The first-order valence-corrected chi connectivity index (χ1v) is 12.7. The van der Waals surface area contributed by atoms with E-state index in [1.807, 2.05) is 6.92 Å². The number of hydrogen-bond donors (Lipinski definition) is 1. The lowest BCUT2D eigenvalue weighted by Gasteiger charge is -2.28. The standard InChI is InChI=1S/C19H32NO8PS/c1-7-25-29(22,26-8-2)17(20-18(21)28-19(4,5)6)13-14-27-30(23,24)16-11-9-15(3)10-12-16/h9-12,17H,7-8,13-14H2,1-6H3,(H,20,21)/t17-/m0/s1. The molecule has 30 heavy (non-hydrogen) atoms. The van der Waals surface area contributed by atoms with Crippen LogP contribution in [0.4, 0.5) is 4.79 Å². The fourth-order valence-electron chi connectivity index (χ4n) is 2.37. The molecular weight excluding hydrogens is 433 g/mol. The van der Waals surface area contributed by atoms with Crippen LogP contribution in [-0.2, 0) is 32.7 Å². The second-order valence-corrected chi connectivity index (χ2v) is 11.3. The van der Waals surface area contributed by atoms with E-state index in [9.17, 15) is 17.8 Å². The highest BCUT2D eigenvalue weighted by Crippen LogP contribution is 2.53. The molecule has 0 bridgehead atoms. The van der Waals surface area contributed by atoms with Gasteiger partial charge in [-0.15, -0.1) is 0 Å². The number of carbonyl (C=O) groups excluding carboxylic acids is 1. The Hall–Kier alpha value is -1.45. The zero-order valence-corrected chi connectivity index (χ0v) is 20.0. The second-order valence-electron chi connectivity index (χ2n) is 7.42. The molecule has 1 aromatic carbocycles. The van der Waals surface area contributed by atoms with Crippen molar-refractivity contribution in [2.75, 3.05) is 19.8 Å². The summed E-state index contributed by atoms with van der Waals surface area (Å²) in [6.07, 6.45) is -0.963. The van der Waals surface area contributed by atoms with E-state index in [0.717, 1.165) is 5.56 Å². The maximum absolute atomic E-state index is 13.2. The fourth-order valence-corrected chi connectivity index (χ4v) is 5.13. The van der Waals surface area contributed by atoms with Crippen LogP contribution in [0.1, 0.15) is 46.6 Å². The molecule has 0 saturated heterocycles. The van der Waals surface area contributed by atoms with Crippen LogP contribution < -0.4 is 5.32 Å². The molecule has 0 saturated carbocycles. The third-order valence-electron chi connectivity index (χ3n) is 3.62. The summed E-state index contributed by atoms with van der Waals surface area (Å²) in [4.78, 5) is 12.2. The Labute approximate surface area is 179 Å². The Morgan fingerprint density at radius 2 is 1.63 bits per heavy atom. The number of carbonyl (C=O) groups is 1. The Kier molecular flexibility index (Phi) is 9.97. The molecule has 1 amide bonds. The number of rotatable bonds is 11. The van der Waals surface area contributed by atoms with E-state index in [2.05, 4.69) is 5.32 Å². The third-order valence-corrected chi connectivity index (χ3v) is 7.34. The molecule has 0 aliphatic heterocycles. The van der Waals surface area contributed by atoms with Gasteiger partial charge in [-0.2, -0.15) is 8.42 Å². The smallest absolute Gasteiger partial charge is 0.408 e. The Balaban J connectivity index is 2.95. The molecule has 0 unspecified atom stereocenters. The van der Waals surface area contributed by atoms with Gasteiger partial charge in [-0.05, 0) is 53.7 Å². The average molecular weight is 466 g/mol. The van der Waals surface area contributed by atoms with Crippen LogP contribution in [0.2, 0.25) is 0 Å². The van der Waals surface area contributed by atoms with Gasteiger partial charge in [0.2, 0.25) is 0 Å². The van der Waals surface area contributed by atoms with E-state index in [4.69, 9.17) is 18.0 Å². The largest absolute Gasteiger partial charge is 0.444 e. The first kappa shape index (κ1) is 26.6. The summed E-state index contributed by atoms with van der Waals surface area (Å²) in [5.74, 6) is -1.15. The number of benzene rings is 1. The fraction of sp³-hybridized carbons (Fsp3) is 0.632. The molecule has 1 atom stereocenters. The molecule has 0 aromatic heterocycles. The summed E-state index contributed by atoms with van der Waals surface area (Å²) in [5, 5.41) is 2.47. The molecule has 0 fully saturated rings. The van der Waals surface area contributed by atoms with Crippen LogP contribution >= 0.6 is 7.60 Å². The van der Waals surface area contributed by atoms with Crippen molar-refractivity contribution in [3.8, 4) is 0 Å². The maximum Gasteiger partial charge on any atom is 0.408 e. The lowest BCUT2D eigenvalue weighted by atomic mass is 10.2. The van der Waals surface area contributed by atoms with E-state index in [-0.39, 0.29) is 31.1 Å². The molecule has 0 radical (unpaired) electrons. The number of nitrogens with one attached hydrogen (secondary N) is 1. The Bertz CT molecular complexity index is 823. The molecule has 1 N–H and O–H groups in total. The zero-order chi connectivity index (χ0) is 23.0. The van der Waals surface area contributed by atoms with E-state index >= 15 is 0 Å². The molecular formula is C19H32NO8PS. The minimum absolute atomic E-state index is 0.00236. The quantitative estimate of drug-likeness (QED) is 0.382. The number of amides is 1. The monoisotopic (exact) mass is 465 g/mol. The van der Waals surface area contributed by atoms with Gasteiger partial charge in [0.1, 0.15) is 11.4 Å². The molecule has 0 heterocycles. The average Bonchev–Trinajstić information content (AvgIpc) is 2.60. The molecule has 0 aliphatic rings. The molecule has 1 rings (SSSR count). The Morgan fingerprint density at radius 1 is 1.10 bits per heavy atom. The van der Waals surface area contributed by atoms with Crippen LogP contribution in [0, 0.1) is 6.92 Å². The number of ether oxygens (including phenoxy) is 1. The van der Waals surface area contributed by atoms with Gasteiger partial charge in [0, 0.05) is 6.42 Å². The molecule has 1 aromatic rings. The van der Waals surface area contributed by atoms with E-state index in [0.29, 0.717) is 0 Å². The summed E-state index contributed by atoms with van der Waals surface area (Å²) < 4.78 is 58.8. The summed E-state index contributed by atoms with van der Waals surface area (Å²) >= 11 is 0. The van der Waals surface area contributed by atoms with Crippen molar-refractivity contribution in [2.24, 2.45) is 0 Å². The predicted molar refractivity (Wildman–Crippen MR) is 113 cm³/mol. The minimum Gasteiger partial charge on any atom is -0.444 e. The van der Waals surface area contributed by atoms with Crippen molar-refractivity contribution in [1.29, 1.82) is 0 Å². The van der Waals surface area contributed by atoms with Crippen LogP contribution in [0.5, 0.6) is 0 Å². The summed E-state index contributed by atoms with van der Waals surface area (Å²) in [5.41, 5.74) is 0.131. The number of hydrogen-bond acceptors (Lipinski definition) is 8. The first-order chi connectivity index (χ1) is 13.8. The highest BCUT2D eigenvalue weighted by atomic mass is 32.2. The van der Waals surface area contributed by atoms with Crippen molar-refractivity contribution in [2.45, 2.75) is 64.2 Å². The molecule has 172 valence electrons. The van der Waals surface area contributed by atoms with Crippen molar-refractivity contribution < 1.29 is 35.7 Å². The van der Waals surface area contributed by atoms with E-state index < -0.39 is 35.2 Å². The van der Waals surface area contributed by atoms with E-state index in [1.165, 1.54) is 12.1 Å². The second kappa shape index (κ2) is 11.2. The van der Waals surface area contributed by atoms with Crippen molar-refractivity contribution >= 4 is 23.8 Å². The molecule has 11 heteroatoms. The van der Waals surface area contributed by atoms with Gasteiger partial charge >= 0.3 is 13.7 Å². The lowest BCUT2D eigenvalue weighted by Crippen LogP contribution is -2.40. The maximum atomic E-state index is 13.2. The van der Waals surface area contributed by atoms with Gasteiger partial charge in [0.25, 0.3) is 10.1 Å². The summed E-state index contributed by atoms with van der Waals surface area (Å²) in [7, 11) is -7.81. The molecule has 0 spiro atoms. The van der Waals surface area contributed by atoms with Crippen LogP contribution in [0.25, 0.3) is 0 Å². The number of aryl methyl sites for hydroxylation is 1. The highest BCUT2D eigenvalue weighted by molar-refractivity contribution is 7.86. The lowest BCUT2D eigenvalue weighted by molar-refractivity contribution is 0.0504. The van der Waals surface area contributed by atoms with Gasteiger partial charge in [0.15, 0.2) is 0 Å². The predicted octanol–water partition coefficient (Wildman–Crippen LogP) is 4.21. The zero-order valence-electron chi connectivity index (χ0n) is 18.3. The van der Waals surface area contributed by atoms with Crippen molar-refractivity contribution in [3.63, 3.8) is 0 Å². The van der Waals surface area contributed by atoms with Gasteiger partial charge in [0.05, 0.1) is 24.7 Å². The van der Waals surface area contributed by atoms with Gasteiger partial charge in [-0.3, -0.25) is 8.75 Å². The SMILES string of the molecule is CCOP(=O)(OCC)[C@@H](CCOS(=O)(=O)c1ccc(C)cc1)NC(=O)OC(C)(C)C. The number of alkyl carbamates (subject to hydrolysis) is 1. The van der Waals surface area contributed by atoms with Crippen molar-refractivity contribution in [1.82, 2.24) is 5.32 Å². The van der Waals surface area contributed by atoms with Crippen LogP contribution in [0.15, 0.2) is 29.2 Å². The molecule has 9 nitrogen and oxygen atoms in total. The first-order valence-electron chi connectivity index (χ1n) is 9.67. The topological polar surface area (TPSA) is 117 Å². The molecule has 0 aliphatic carbocycles. The van der Waals surface area contributed by atoms with Gasteiger partial charge in [-0.1, -0.05) is 17.7 Å². The van der Waals surface area contributed by atoms with Gasteiger partial charge in [-0.25, -0.2) is 4.79 Å². The van der Waals surface area contributed by atoms with E-state index in [1.54, 1.807) is 46.8 Å². The van der Waals surface area contributed by atoms with Crippen LogP contribution in [-0.4, -0.2) is 45.7 Å². The van der Waals surface area contributed by atoms with Crippen molar-refractivity contribution in [3.05, 3.63) is 29.8 Å². The summed E-state index contributed by atoms with van der Waals surface area (Å²) in [6, 6.07) is 6.18. The normalized spacial score (nSPS) is 13.7. The minimum atomic E-state index is -4.02. The highest BCUT2D eigenvalue weighted by Gasteiger charge is 2.38. The summed E-state index contributed by atoms with van der Waals surface area (Å²) in [6.45, 7) is 9.96. The van der Waals surface area contributed by atoms with Crippen LogP contribution in [0.3, 0.4) is 0 Å². The Morgan fingerprint density at radius 3 is 2.10 bits per heavy atom. The van der Waals surface area contributed by atoms with Gasteiger partial charge < -0.3 is 19.1 Å².